The first-order valence-corrected chi connectivity index (χ1v) is 5.99. The summed E-state index contributed by atoms with van der Waals surface area (Å²) in [6.07, 6.45) is 1.25. The quantitative estimate of drug-likeness (QED) is 0.771. The van der Waals surface area contributed by atoms with Crippen molar-refractivity contribution in [3.8, 4) is 0 Å². The Bertz CT molecular complexity index is 454. The second-order valence-corrected chi connectivity index (χ2v) is 4.08. The molecule has 2 amide bonds. The van der Waals surface area contributed by atoms with Crippen molar-refractivity contribution in [1.29, 1.82) is 0 Å². The average Bonchev–Trinajstić information content (AvgIpc) is 2.36. The molecule has 0 radical (unpaired) electrons. The molecule has 0 aliphatic rings. The highest BCUT2D eigenvalue weighted by molar-refractivity contribution is 5.86. The fraction of sp³-hybridized carbons (Fsp3) is 0.286. The first-order valence-electron chi connectivity index (χ1n) is 5.99. The van der Waals surface area contributed by atoms with Crippen LogP contribution < -0.4 is 10.2 Å². The monoisotopic (exact) mass is 262 g/mol. The number of carbonyl (C=O) groups excluding carboxylic acids is 1. The number of nitrogens with zero attached hydrogens (tertiary/aromatic N) is 1. The number of rotatable bonds is 6. The minimum Gasteiger partial charge on any atom is -0.465 e. The third kappa shape index (κ3) is 4.83. The topological polar surface area (TPSA) is 69.6 Å². The number of carboxylic acid groups (broad SMARTS) is 1. The molecule has 2 N–H and O–H groups in total. The van der Waals surface area contributed by atoms with Gasteiger partial charge in [0.05, 0.1) is 0 Å². The standard InChI is InChI=1S/C14H18N2O3/c1-3-10-16(14(18)19)13-6-4-12(5-7-13)8-9-15-11(2)17/h3-7H,1,8-10H2,2H3,(H,15,17)(H,18,19). The van der Waals surface area contributed by atoms with Gasteiger partial charge in [-0.15, -0.1) is 6.58 Å². The maximum atomic E-state index is 11.1. The summed E-state index contributed by atoms with van der Waals surface area (Å²) >= 11 is 0. The SMILES string of the molecule is C=CCN(C(=O)O)c1ccc(CCNC(C)=O)cc1. The fourth-order valence-corrected chi connectivity index (χ4v) is 1.65. The second-order valence-electron chi connectivity index (χ2n) is 4.08. The molecule has 1 rings (SSSR count). The molecule has 0 saturated carbocycles. The van der Waals surface area contributed by atoms with E-state index in [0.29, 0.717) is 18.7 Å². The van der Waals surface area contributed by atoms with Crippen LogP contribution in [0.15, 0.2) is 36.9 Å². The van der Waals surface area contributed by atoms with Gasteiger partial charge in [-0.3, -0.25) is 9.69 Å². The van der Waals surface area contributed by atoms with E-state index in [1.165, 1.54) is 11.8 Å². The van der Waals surface area contributed by atoms with E-state index >= 15 is 0 Å². The molecular weight excluding hydrogens is 244 g/mol. The maximum absolute atomic E-state index is 11.1. The summed E-state index contributed by atoms with van der Waals surface area (Å²) in [7, 11) is 0. The summed E-state index contributed by atoms with van der Waals surface area (Å²) in [5.74, 6) is -0.0559. The van der Waals surface area contributed by atoms with Gasteiger partial charge >= 0.3 is 6.09 Å². The molecule has 5 nitrogen and oxygen atoms in total. The molecule has 5 heteroatoms. The zero-order valence-corrected chi connectivity index (χ0v) is 10.9. The van der Waals surface area contributed by atoms with Gasteiger partial charge in [-0.25, -0.2) is 4.79 Å². The summed E-state index contributed by atoms with van der Waals surface area (Å²) in [5.41, 5.74) is 1.65. The van der Waals surface area contributed by atoms with Gasteiger partial charge < -0.3 is 10.4 Å². The Labute approximate surface area is 112 Å². The average molecular weight is 262 g/mol. The van der Waals surface area contributed by atoms with Crippen molar-refractivity contribution < 1.29 is 14.7 Å². The normalized spacial score (nSPS) is 9.74. The maximum Gasteiger partial charge on any atom is 0.412 e. The first-order chi connectivity index (χ1) is 9.04. The lowest BCUT2D eigenvalue weighted by Crippen LogP contribution is -2.29. The van der Waals surface area contributed by atoms with Crippen LogP contribution in [-0.4, -0.2) is 30.2 Å². The van der Waals surface area contributed by atoms with Crippen LogP contribution >= 0.6 is 0 Å². The van der Waals surface area contributed by atoms with Crippen molar-refractivity contribution >= 4 is 17.7 Å². The number of anilines is 1. The van der Waals surface area contributed by atoms with E-state index < -0.39 is 6.09 Å². The second kappa shape index (κ2) is 7.20. The minimum atomic E-state index is -1.01. The van der Waals surface area contributed by atoms with Gasteiger partial charge in [0, 0.05) is 25.7 Å². The lowest BCUT2D eigenvalue weighted by atomic mass is 10.1. The number of nitrogens with one attached hydrogen (secondary N) is 1. The van der Waals surface area contributed by atoms with E-state index in [1.54, 1.807) is 18.2 Å². The Hall–Kier alpha value is -2.30. The molecule has 0 aliphatic heterocycles. The summed E-state index contributed by atoms with van der Waals surface area (Å²) in [6.45, 7) is 5.84. The van der Waals surface area contributed by atoms with Crippen LogP contribution in [0.1, 0.15) is 12.5 Å². The largest absolute Gasteiger partial charge is 0.465 e. The van der Waals surface area contributed by atoms with Crippen LogP contribution in [0, 0.1) is 0 Å². The molecule has 0 unspecified atom stereocenters. The van der Waals surface area contributed by atoms with Crippen molar-refractivity contribution in [2.45, 2.75) is 13.3 Å². The third-order valence-electron chi connectivity index (χ3n) is 2.58. The van der Waals surface area contributed by atoms with Crippen molar-refractivity contribution in [1.82, 2.24) is 5.32 Å². The van der Waals surface area contributed by atoms with Crippen LogP contribution in [0.3, 0.4) is 0 Å². The van der Waals surface area contributed by atoms with E-state index in [4.69, 9.17) is 5.11 Å². The Morgan fingerprint density at radius 1 is 1.37 bits per heavy atom. The highest BCUT2D eigenvalue weighted by Gasteiger charge is 2.11. The summed E-state index contributed by atoms with van der Waals surface area (Å²) in [4.78, 5) is 23.0. The van der Waals surface area contributed by atoms with E-state index in [9.17, 15) is 9.59 Å². The van der Waals surface area contributed by atoms with Crippen LogP contribution in [0.5, 0.6) is 0 Å². The Kier molecular flexibility index (Phi) is 5.60. The number of carbonyl (C=O) groups is 2. The lowest BCUT2D eigenvalue weighted by molar-refractivity contribution is -0.118. The van der Waals surface area contributed by atoms with Gasteiger partial charge in [-0.05, 0) is 24.1 Å². The van der Waals surface area contributed by atoms with Gasteiger partial charge in [-0.2, -0.15) is 0 Å². The molecule has 0 aromatic heterocycles. The highest BCUT2D eigenvalue weighted by Crippen LogP contribution is 2.15. The molecule has 0 spiro atoms. The van der Waals surface area contributed by atoms with Gasteiger partial charge in [-0.1, -0.05) is 18.2 Å². The van der Waals surface area contributed by atoms with Crippen LogP contribution in [0.25, 0.3) is 0 Å². The zero-order chi connectivity index (χ0) is 14.3. The smallest absolute Gasteiger partial charge is 0.412 e. The van der Waals surface area contributed by atoms with Crippen LogP contribution in [-0.2, 0) is 11.2 Å². The van der Waals surface area contributed by atoms with Crippen LogP contribution in [0.4, 0.5) is 10.5 Å². The van der Waals surface area contributed by atoms with Crippen molar-refractivity contribution in [3.05, 3.63) is 42.5 Å². The summed E-state index contributed by atoms with van der Waals surface area (Å²) in [6, 6.07) is 7.22. The van der Waals surface area contributed by atoms with Crippen molar-refractivity contribution in [3.63, 3.8) is 0 Å². The van der Waals surface area contributed by atoms with E-state index in [2.05, 4.69) is 11.9 Å². The van der Waals surface area contributed by atoms with E-state index in [1.807, 2.05) is 12.1 Å². The van der Waals surface area contributed by atoms with E-state index in [-0.39, 0.29) is 12.5 Å². The Morgan fingerprint density at radius 2 is 2.00 bits per heavy atom. The van der Waals surface area contributed by atoms with Gasteiger partial charge in [0.25, 0.3) is 0 Å². The molecule has 0 fully saturated rings. The molecule has 102 valence electrons. The van der Waals surface area contributed by atoms with Gasteiger partial charge in [0.15, 0.2) is 0 Å². The fourth-order valence-electron chi connectivity index (χ4n) is 1.65. The highest BCUT2D eigenvalue weighted by atomic mass is 16.4. The molecule has 0 aliphatic carbocycles. The summed E-state index contributed by atoms with van der Waals surface area (Å²) in [5, 5.41) is 11.8. The Balaban J connectivity index is 2.66. The van der Waals surface area contributed by atoms with E-state index in [0.717, 1.165) is 5.56 Å². The predicted molar refractivity (Wildman–Crippen MR) is 74.4 cm³/mol. The Morgan fingerprint density at radius 3 is 2.47 bits per heavy atom. The van der Waals surface area contributed by atoms with Crippen LogP contribution in [0.2, 0.25) is 0 Å². The molecule has 0 heterocycles. The minimum absolute atomic E-state index is 0.0559. The zero-order valence-electron chi connectivity index (χ0n) is 10.9. The number of hydrogen-bond acceptors (Lipinski definition) is 2. The third-order valence-corrected chi connectivity index (χ3v) is 2.58. The molecular formula is C14H18N2O3. The molecule has 0 bridgehead atoms. The molecule has 1 aromatic carbocycles. The van der Waals surface area contributed by atoms with Gasteiger partial charge in [0.2, 0.25) is 5.91 Å². The van der Waals surface area contributed by atoms with Gasteiger partial charge in [0.1, 0.15) is 0 Å². The predicted octanol–water partition coefficient (Wildman–Crippen LogP) is 2.04. The lowest BCUT2D eigenvalue weighted by Gasteiger charge is -2.17. The number of benzene rings is 1. The number of amides is 2. The van der Waals surface area contributed by atoms with Crippen molar-refractivity contribution in [2.75, 3.05) is 18.0 Å². The number of hydrogen-bond donors (Lipinski definition) is 2. The molecule has 19 heavy (non-hydrogen) atoms. The molecule has 0 atom stereocenters. The first kappa shape index (κ1) is 14.8. The molecule has 1 aromatic rings. The summed E-state index contributed by atoms with van der Waals surface area (Å²) < 4.78 is 0. The van der Waals surface area contributed by atoms with Crippen molar-refractivity contribution in [2.24, 2.45) is 0 Å². The molecule has 0 saturated heterocycles.